The highest BCUT2D eigenvalue weighted by atomic mass is 32.2. The van der Waals surface area contributed by atoms with Gasteiger partial charge in [-0.2, -0.15) is 0 Å². The summed E-state index contributed by atoms with van der Waals surface area (Å²) in [6, 6.07) is 11.2. The molecule has 0 aliphatic carbocycles. The van der Waals surface area contributed by atoms with E-state index in [0.29, 0.717) is 28.0 Å². The van der Waals surface area contributed by atoms with Crippen LogP contribution in [0.25, 0.3) is 33.6 Å². The number of furan rings is 1. The monoisotopic (exact) mass is 426 g/mol. The maximum Gasteiger partial charge on any atom is 0.175 e. The summed E-state index contributed by atoms with van der Waals surface area (Å²) in [4.78, 5) is 8.48. The summed E-state index contributed by atoms with van der Waals surface area (Å²) in [6.45, 7) is 2.94. The van der Waals surface area contributed by atoms with Crippen molar-refractivity contribution in [1.29, 1.82) is 0 Å². The summed E-state index contributed by atoms with van der Waals surface area (Å²) in [5.74, 6) is -0.157. The number of pyridine rings is 2. The van der Waals surface area contributed by atoms with Gasteiger partial charge in [-0.3, -0.25) is 9.97 Å². The molecule has 0 radical (unpaired) electrons. The molecule has 154 valence electrons. The van der Waals surface area contributed by atoms with Crippen molar-refractivity contribution in [2.45, 2.75) is 24.3 Å². The largest absolute Gasteiger partial charge is 0.454 e. The Morgan fingerprint density at radius 1 is 1.00 bits per heavy atom. The predicted octanol–water partition coefficient (Wildman–Crippen LogP) is 4.33. The van der Waals surface area contributed by atoms with Crippen molar-refractivity contribution in [1.82, 2.24) is 9.97 Å². The smallest absolute Gasteiger partial charge is 0.175 e. The van der Waals surface area contributed by atoms with Gasteiger partial charge in [0.15, 0.2) is 21.2 Å². The number of hydrogen-bond acceptors (Lipinski definition) is 6. The fourth-order valence-electron chi connectivity index (χ4n) is 3.24. The molecule has 0 aliphatic heterocycles. The van der Waals surface area contributed by atoms with E-state index in [1.165, 1.54) is 38.2 Å². The lowest BCUT2D eigenvalue weighted by Gasteiger charge is -2.18. The highest BCUT2D eigenvalue weighted by Crippen LogP contribution is 2.36. The van der Waals surface area contributed by atoms with Gasteiger partial charge in [0.2, 0.25) is 0 Å². The average Bonchev–Trinajstić information content (AvgIpc) is 3.11. The van der Waals surface area contributed by atoms with Crippen LogP contribution in [0.15, 0.2) is 64.2 Å². The first-order valence-corrected chi connectivity index (χ1v) is 11.0. The Hall–Kier alpha value is -3.10. The molecule has 4 rings (SSSR count). The Balaban J connectivity index is 1.85. The second kappa shape index (κ2) is 7.00. The third-order valence-electron chi connectivity index (χ3n) is 4.74. The molecule has 0 atom stereocenters. The summed E-state index contributed by atoms with van der Waals surface area (Å²) in [6.07, 6.45) is 4.13. The lowest BCUT2D eigenvalue weighted by molar-refractivity contribution is 0.0696. The number of fused-ring (bicyclic) bond motifs is 1. The van der Waals surface area contributed by atoms with E-state index in [1.807, 2.05) is 0 Å². The number of nitrogens with zero attached hydrogens (tertiary/aromatic N) is 2. The highest BCUT2D eigenvalue weighted by Gasteiger charge is 2.26. The van der Waals surface area contributed by atoms with Gasteiger partial charge in [0, 0.05) is 41.4 Å². The van der Waals surface area contributed by atoms with Gasteiger partial charge in [-0.05, 0) is 50.2 Å². The summed E-state index contributed by atoms with van der Waals surface area (Å²) in [5, 5.41) is 10.2. The zero-order chi connectivity index (χ0) is 21.7. The second-order valence-electron chi connectivity index (χ2n) is 7.56. The van der Waals surface area contributed by atoms with Crippen molar-refractivity contribution in [3.05, 3.63) is 66.4 Å². The molecule has 0 aliphatic rings. The van der Waals surface area contributed by atoms with Crippen LogP contribution < -0.4 is 0 Å². The van der Waals surface area contributed by atoms with Gasteiger partial charge in [0.1, 0.15) is 22.6 Å². The normalized spacial score (nSPS) is 12.4. The van der Waals surface area contributed by atoms with Crippen LogP contribution in [0, 0.1) is 5.82 Å². The minimum atomic E-state index is -3.30. The Labute approximate surface area is 173 Å². The molecule has 30 heavy (non-hydrogen) atoms. The standard InChI is InChI=1S/C22H19FN2O4S/c1-22(2,26)21-19(23)15(8-11-25-21)16-9-10-24-17-12-18(29-20(16)17)13-4-6-14(7-5-13)30(3,27)28/h4-12,26H,1-3H3. The molecule has 3 aromatic heterocycles. The van der Waals surface area contributed by atoms with E-state index in [1.54, 1.807) is 30.5 Å². The molecule has 0 amide bonds. The first kappa shape index (κ1) is 20.2. The zero-order valence-electron chi connectivity index (χ0n) is 16.5. The van der Waals surface area contributed by atoms with E-state index in [4.69, 9.17) is 4.42 Å². The van der Waals surface area contributed by atoms with Crippen LogP contribution in [0.3, 0.4) is 0 Å². The van der Waals surface area contributed by atoms with Crippen LogP contribution >= 0.6 is 0 Å². The van der Waals surface area contributed by atoms with E-state index in [9.17, 15) is 13.5 Å². The van der Waals surface area contributed by atoms with Gasteiger partial charge in [0.05, 0.1) is 4.90 Å². The van der Waals surface area contributed by atoms with Crippen molar-refractivity contribution >= 4 is 20.9 Å². The van der Waals surface area contributed by atoms with E-state index < -0.39 is 21.3 Å². The molecule has 0 spiro atoms. The molecule has 0 unspecified atom stereocenters. The van der Waals surface area contributed by atoms with Crippen molar-refractivity contribution in [2.75, 3.05) is 6.26 Å². The molecule has 0 bridgehead atoms. The molecule has 8 heteroatoms. The molecule has 1 N–H and O–H groups in total. The van der Waals surface area contributed by atoms with Gasteiger partial charge in [0.25, 0.3) is 0 Å². The Morgan fingerprint density at radius 3 is 2.27 bits per heavy atom. The Morgan fingerprint density at radius 2 is 1.63 bits per heavy atom. The van der Waals surface area contributed by atoms with Crippen LogP contribution in [0.2, 0.25) is 0 Å². The molecule has 0 saturated heterocycles. The molecule has 6 nitrogen and oxygen atoms in total. The first-order chi connectivity index (χ1) is 14.1. The third kappa shape index (κ3) is 3.59. The number of rotatable bonds is 4. The highest BCUT2D eigenvalue weighted by molar-refractivity contribution is 7.90. The van der Waals surface area contributed by atoms with Gasteiger partial charge < -0.3 is 9.52 Å². The second-order valence-corrected chi connectivity index (χ2v) is 9.58. The summed E-state index contributed by atoms with van der Waals surface area (Å²) in [7, 11) is -3.30. The molecular formula is C22H19FN2O4S. The number of aromatic nitrogens is 2. The number of benzene rings is 1. The van der Waals surface area contributed by atoms with Gasteiger partial charge in [-0.15, -0.1) is 0 Å². The zero-order valence-corrected chi connectivity index (χ0v) is 17.4. The molecule has 3 heterocycles. The van der Waals surface area contributed by atoms with Crippen LogP contribution in [-0.4, -0.2) is 29.7 Å². The minimum absolute atomic E-state index is 0.0619. The number of sulfone groups is 1. The van der Waals surface area contributed by atoms with Crippen LogP contribution in [0.1, 0.15) is 19.5 Å². The van der Waals surface area contributed by atoms with Gasteiger partial charge in [-0.25, -0.2) is 12.8 Å². The first-order valence-electron chi connectivity index (χ1n) is 9.12. The number of hydrogen-bond donors (Lipinski definition) is 1. The summed E-state index contributed by atoms with van der Waals surface area (Å²) in [5.41, 5.74) is 0.781. The van der Waals surface area contributed by atoms with Crippen LogP contribution in [0.5, 0.6) is 0 Å². The Kier molecular flexibility index (Phi) is 4.71. The fourth-order valence-corrected chi connectivity index (χ4v) is 3.87. The van der Waals surface area contributed by atoms with Crippen LogP contribution in [0.4, 0.5) is 4.39 Å². The molecule has 1 aromatic carbocycles. The van der Waals surface area contributed by atoms with Crippen molar-refractivity contribution < 1.29 is 22.3 Å². The maximum atomic E-state index is 15.1. The van der Waals surface area contributed by atoms with E-state index >= 15 is 4.39 Å². The quantitative estimate of drug-likeness (QED) is 0.522. The van der Waals surface area contributed by atoms with E-state index in [0.717, 1.165) is 6.26 Å². The molecular weight excluding hydrogens is 407 g/mol. The van der Waals surface area contributed by atoms with E-state index in [2.05, 4.69) is 9.97 Å². The number of halogens is 1. The maximum absolute atomic E-state index is 15.1. The minimum Gasteiger partial charge on any atom is -0.454 e. The lowest BCUT2D eigenvalue weighted by atomic mass is 9.98. The predicted molar refractivity (Wildman–Crippen MR) is 111 cm³/mol. The van der Waals surface area contributed by atoms with Crippen molar-refractivity contribution in [3.8, 4) is 22.5 Å². The van der Waals surface area contributed by atoms with E-state index in [-0.39, 0.29) is 16.2 Å². The summed E-state index contributed by atoms with van der Waals surface area (Å²) < 4.78 is 44.4. The fraction of sp³-hybridized carbons (Fsp3) is 0.182. The molecule has 4 aromatic rings. The average molecular weight is 426 g/mol. The topological polar surface area (TPSA) is 93.3 Å². The Bertz CT molecular complexity index is 1350. The SMILES string of the molecule is CC(C)(O)c1nccc(-c2ccnc3cc(-c4ccc(S(C)(=O)=O)cc4)oc23)c1F. The van der Waals surface area contributed by atoms with Gasteiger partial charge >= 0.3 is 0 Å². The van der Waals surface area contributed by atoms with Crippen LogP contribution in [-0.2, 0) is 15.4 Å². The van der Waals surface area contributed by atoms with Crippen molar-refractivity contribution in [2.24, 2.45) is 0 Å². The molecule has 0 fully saturated rings. The van der Waals surface area contributed by atoms with Gasteiger partial charge in [-0.1, -0.05) is 0 Å². The molecule has 0 saturated carbocycles. The number of aliphatic hydroxyl groups is 1. The summed E-state index contributed by atoms with van der Waals surface area (Å²) >= 11 is 0. The third-order valence-corrected chi connectivity index (χ3v) is 5.87. The lowest BCUT2D eigenvalue weighted by Crippen LogP contribution is -2.20. The van der Waals surface area contributed by atoms with Crippen molar-refractivity contribution in [3.63, 3.8) is 0 Å².